The number of hydrazone groups is 1. The molecule has 0 radical (unpaired) electrons. The molecular formula is C25H32N10O2. The van der Waals surface area contributed by atoms with E-state index in [-0.39, 0.29) is 5.69 Å². The SMILES string of the molecule is CCN(CC)c1ccc(/C=N\Nc2nc(Nc3ccc([N+](=O)[O-])cc3)nc(N3CCN(C)CC3)n2)cc1. The number of hydrogen-bond donors (Lipinski definition) is 2. The van der Waals surface area contributed by atoms with Crippen LogP contribution in [0, 0.1) is 10.1 Å². The summed E-state index contributed by atoms with van der Waals surface area (Å²) in [6.45, 7) is 9.57. The van der Waals surface area contributed by atoms with Crippen LogP contribution < -0.4 is 20.5 Å². The second kappa shape index (κ2) is 12.1. The first-order valence-corrected chi connectivity index (χ1v) is 12.3. The number of nitro benzene ring substituents is 1. The normalized spacial score (nSPS) is 14.1. The highest BCUT2D eigenvalue weighted by Crippen LogP contribution is 2.21. The van der Waals surface area contributed by atoms with Gasteiger partial charge in [0.2, 0.25) is 17.8 Å². The number of non-ortho nitro benzene ring substituents is 1. The average molecular weight is 505 g/mol. The fraction of sp³-hybridized carbons (Fsp3) is 0.360. The van der Waals surface area contributed by atoms with Crippen molar-refractivity contribution in [1.29, 1.82) is 0 Å². The van der Waals surface area contributed by atoms with Crippen molar-refractivity contribution >= 4 is 41.1 Å². The molecule has 0 aliphatic carbocycles. The first-order valence-electron chi connectivity index (χ1n) is 12.3. The van der Waals surface area contributed by atoms with E-state index in [1.165, 1.54) is 17.8 Å². The summed E-state index contributed by atoms with van der Waals surface area (Å²) in [5, 5.41) is 18.4. The van der Waals surface area contributed by atoms with Crippen LogP contribution in [-0.4, -0.2) is 77.3 Å². The summed E-state index contributed by atoms with van der Waals surface area (Å²) >= 11 is 0. The molecule has 1 saturated heterocycles. The number of aromatic nitrogens is 3. The van der Waals surface area contributed by atoms with Crippen LogP contribution in [0.5, 0.6) is 0 Å². The molecule has 0 spiro atoms. The molecule has 2 heterocycles. The molecule has 1 aliphatic rings. The Morgan fingerprint density at radius 2 is 1.62 bits per heavy atom. The smallest absolute Gasteiger partial charge is 0.269 e. The Morgan fingerprint density at radius 3 is 2.24 bits per heavy atom. The van der Waals surface area contributed by atoms with Crippen molar-refractivity contribution in [3.8, 4) is 0 Å². The number of likely N-dealkylation sites (N-methyl/N-ethyl adjacent to an activating group) is 1. The van der Waals surface area contributed by atoms with Gasteiger partial charge in [-0.25, -0.2) is 5.43 Å². The Hall–Kier alpha value is -4.32. The van der Waals surface area contributed by atoms with E-state index in [4.69, 9.17) is 0 Å². The van der Waals surface area contributed by atoms with E-state index in [1.54, 1.807) is 18.3 Å². The lowest BCUT2D eigenvalue weighted by molar-refractivity contribution is -0.384. The van der Waals surface area contributed by atoms with Crippen LogP contribution >= 0.6 is 0 Å². The van der Waals surface area contributed by atoms with Crippen LogP contribution in [0.2, 0.25) is 0 Å². The van der Waals surface area contributed by atoms with Gasteiger partial charge >= 0.3 is 0 Å². The molecule has 2 aromatic carbocycles. The van der Waals surface area contributed by atoms with Crippen molar-refractivity contribution in [2.24, 2.45) is 5.10 Å². The molecule has 0 amide bonds. The van der Waals surface area contributed by atoms with Crippen molar-refractivity contribution in [2.45, 2.75) is 13.8 Å². The maximum atomic E-state index is 11.0. The second-order valence-electron chi connectivity index (χ2n) is 8.64. The summed E-state index contributed by atoms with van der Waals surface area (Å²) < 4.78 is 0. The van der Waals surface area contributed by atoms with E-state index in [1.807, 2.05) is 12.1 Å². The molecule has 0 saturated carbocycles. The second-order valence-corrected chi connectivity index (χ2v) is 8.64. The van der Waals surface area contributed by atoms with Gasteiger partial charge in [0.25, 0.3) is 5.69 Å². The zero-order valence-electron chi connectivity index (χ0n) is 21.3. The molecule has 1 aromatic heterocycles. The third-order valence-electron chi connectivity index (χ3n) is 6.14. The van der Waals surface area contributed by atoms with Crippen LogP contribution in [0.4, 0.5) is 34.9 Å². The van der Waals surface area contributed by atoms with Gasteiger partial charge in [-0.2, -0.15) is 20.1 Å². The molecule has 0 unspecified atom stereocenters. The summed E-state index contributed by atoms with van der Waals surface area (Å²) in [5.41, 5.74) is 5.68. The fourth-order valence-electron chi connectivity index (χ4n) is 3.94. The summed E-state index contributed by atoms with van der Waals surface area (Å²) in [4.78, 5) is 30.8. The van der Waals surface area contributed by atoms with Crippen LogP contribution in [0.25, 0.3) is 0 Å². The minimum atomic E-state index is -0.435. The molecule has 2 N–H and O–H groups in total. The third kappa shape index (κ3) is 6.88. The Labute approximate surface area is 216 Å². The zero-order chi connectivity index (χ0) is 26.2. The van der Waals surface area contributed by atoms with Gasteiger partial charge in [-0.15, -0.1) is 0 Å². The monoisotopic (exact) mass is 504 g/mol. The number of benzene rings is 2. The van der Waals surface area contributed by atoms with Gasteiger partial charge in [-0.05, 0) is 50.7 Å². The zero-order valence-corrected chi connectivity index (χ0v) is 21.3. The quantitative estimate of drug-likeness (QED) is 0.240. The van der Waals surface area contributed by atoms with Gasteiger partial charge < -0.3 is 20.0 Å². The molecular weight excluding hydrogens is 472 g/mol. The maximum Gasteiger partial charge on any atom is 0.269 e. The molecule has 12 nitrogen and oxygen atoms in total. The van der Waals surface area contributed by atoms with Crippen LogP contribution in [0.1, 0.15) is 19.4 Å². The van der Waals surface area contributed by atoms with Crippen molar-refractivity contribution in [1.82, 2.24) is 19.9 Å². The lowest BCUT2D eigenvalue weighted by Crippen LogP contribution is -2.45. The minimum absolute atomic E-state index is 0.0149. The van der Waals surface area contributed by atoms with E-state index < -0.39 is 4.92 Å². The van der Waals surface area contributed by atoms with Crippen molar-refractivity contribution < 1.29 is 4.92 Å². The predicted molar refractivity (Wildman–Crippen MR) is 147 cm³/mol. The Morgan fingerprint density at radius 1 is 0.973 bits per heavy atom. The van der Waals surface area contributed by atoms with Gasteiger partial charge in [-0.1, -0.05) is 12.1 Å². The van der Waals surface area contributed by atoms with E-state index in [9.17, 15) is 10.1 Å². The lowest BCUT2D eigenvalue weighted by Gasteiger charge is -2.32. The summed E-state index contributed by atoms with van der Waals surface area (Å²) in [6.07, 6.45) is 1.72. The largest absolute Gasteiger partial charge is 0.372 e. The Kier molecular flexibility index (Phi) is 8.41. The number of rotatable bonds is 10. The van der Waals surface area contributed by atoms with Crippen molar-refractivity contribution in [3.05, 3.63) is 64.2 Å². The lowest BCUT2D eigenvalue weighted by atomic mass is 10.2. The number of nitrogens with zero attached hydrogens (tertiary/aromatic N) is 8. The number of anilines is 5. The summed E-state index contributed by atoms with van der Waals surface area (Å²) in [5.74, 6) is 1.15. The minimum Gasteiger partial charge on any atom is -0.372 e. The Bertz CT molecular complexity index is 1210. The molecule has 37 heavy (non-hydrogen) atoms. The highest BCUT2D eigenvalue weighted by atomic mass is 16.6. The highest BCUT2D eigenvalue weighted by molar-refractivity contribution is 5.80. The van der Waals surface area contributed by atoms with E-state index in [2.05, 4.69) is 78.5 Å². The van der Waals surface area contributed by atoms with Crippen molar-refractivity contribution in [2.75, 3.05) is 66.9 Å². The number of piperazine rings is 1. The van der Waals surface area contributed by atoms with Crippen LogP contribution in [-0.2, 0) is 0 Å². The number of nitrogens with one attached hydrogen (secondary N) is 2. The third-order valence-corrected chi connectivity index (χ3v) is 6.14. The van der Waals surface area contributed by atoms with Crippen LogP contribution in [0.3, 0.4) is 0 Å². The highest BCUT2D eigenvalue weighted by Gasteiger charge is 2.19. The number of hydrogen-bond acceptors (Lipinski definition) is 11. The predicted octanol–water partition coefficient (Wildman–Crippen LogP) is 3.57. The first kappa shape index (κ1) is 25.8. The fourth-order valence-corrected chi connectivity index (χ4v) is 3.94. The molecule has 0 bridgehead atoms. The molecule has 1 fully saturated rings. The van der Waals surface area contributed by atoms with Gasteiger partial charge in [0.05, 0.1) is 11.1 Å². The molecule has 4 rings (SSSR count). The van der Waals surface area contributed by atoms with E-state index in [0.717, 1.165) is 44.8 Å². The first-order chi connectivity index (χ1) is 17.9. The summed E-state index contributed by atoms with van der Waals surface area (Å²) in [7, 11) is 2.09. The van der Waals surface area contributed by atoms with Crippen molar-refractivity contribution in [3.63, 3.8) is 0 Å². The Balaban J connectivity index is 1.52. The topological polar surface area (TPSA) is 128 Å². The molecule has 194 valence electrons. The van der Waals surface area contributed by atoms with Gasteiger partial charge in [0.1, 0.15) is 0 Å². The summed E-state index contributed by atoms with van der Waals surface area (Å²) in [6, 6.07) is 14.3. The average Bonchev–Trinajstić information content (AvgIpc) is 2.91. The molecule has 12 heteroatoms. The van der Waals surface area contributed by atoms with Gasteiger partial charge in [-0.3, -0.25) is 10.1 Å². The van der Waals surface area contributed by atoms with E-state index >= 15 is 0 Å². The molecule has 1 aliphatic heterocycles. The molecule has 0 atom stereocenters. The van der Waals surface area contributed by atoms with E-state index in [0.29, 0.717) is 23.5 Å². The molecule has 3 aromatic rings. The van der Waals surface area contributed by atoms with Gasteiger partial charge in [0, 0.05) is 62.8 Å². The maximum absolute atomic E-state index is 11.0. The standard InChI is InChI=1S/C25H32N10O2/c1-4-33(5-2)21-10-6-19(7-11-21)18-26-31-24-28-23(27-20-8-12-22(13-9-20)35(36)37)29-25(30-24)34-16-14-32(3)15-17-34/h6-13,18H,4-5,14-17H2,1-3H3,(H2,27,28,29,30,31)/b26-18-. The number of nitro groups is 1. The van der Waals surface area contributed by atoms with Crippen LogP contribution in [0.15, 0.2) is 53.6 Å². The van der Waals surface area contributed by atoms with Gasteiger partial charge in [0.15, 0.2) is 0 Å².